The number of fused-ring (bicyclic) bond motifs is 1. The Bertz CT molecular complexity index is 514. The van der Waals surface area contributed by atoms with Gasteiger partial charge in [0, 0.05) is 6.07 Å². The molecule has 0 aliphatic carbocycles. The lowest BCUT2D eigenvalue weighted by atomic mass is 10.0. The Morgan fingerprint density at radius 1 is 1.29 bits per heavy atom. The van der Waals surface area contributed by atoms with Crippen LogP contribution in [0.25, 0.3) is 0 Å². The van der Waals surface area contributed by atoms with E-state index in [1.165, 1.54) is 0 Å². The Kier molecular flexibility index (Phi) is 2.36. The van der Waals surface area contributed by atoms with Gasteiger partial charge >= 0.3 is 6.09 Å². The zero-order chi connectivity index (χ0) is 12.8. The Morgan fingerprint density at radius 3 is 2.41 bits per heavy atom. The standard InChI is InChI=1S/C13H16N2O2/c1-9-10-7-5-6-8-11(10)15(14-9,12(16)17)13(2,3)4/h5-8H,1-4H3/p+1. The lowest BCUT2D eigenvalue weighted by Crippen LogP contribution is -2.60. The summed E-state index contributed by atoms with van der Waals surface area (Å²) in [6.45, 7) is 7.52. The third kappa shape index (κ3) is 1.41. The molecule has 1 aromatic carbocycles. The second-order valence-electron chi connectivity index (χ2n) is 5.29. The smallest absolute Gasteiger partial charge is 0.433 e. The van der Waals surface area contributed by atoms with E-state index in [-0.39, 0.29) is 4.59 Å². The maximum absolute atomic E-state index is 11.7. The fourth-order valence-corrected chi connectivity index (χ4v) is 2.34. The molecule has 1 N–H and O–H groups in total. The number of nitrogens with zero attached hydrogens (tertiary/aromatic N) is 2. The number of amides is 1. The predicted molar refractivity (Wildman–Crippen MR) is 68.2 cm³/mol. The number of carboxylic acid groups (broad SMARTS) is 1. The van der Waals surface area contributed by atoms with Crippen molar-refractivity contribution in [1.29, 1.82) is 0 Å². The van der Waals surface area contributed by atoms with Crippen molar-refractivity contribution in [2.75, 3.05) is 0 Å². The van der Waals surface area contributed by atoms with Gasteiger partial charge in [0.1, 0.15) is 11.3 Å². The van der Waals surface area contributed by atoms with Gasteiger partial charge < -0.3 is 5.11 Å². The van der Waals surface area contributed by atoms with Crippen molar-refractivity contribution in [2.24, 2.45) is 5.10 Å². The summed E-state index contributed by atoms with van der Waals surface area (Å²) in [5, 5.41) is 14.0. The zero-order valence-electron chi connectivity index (χ0n) is 10.6. The summed E-state index contributed by atoms with van der Waals surface area (Å²) in [7, 11) is 0. The minimum atomic E-state index is -0.943. The maximum atomic E-state index is 11.7. The van der Waals surface area contributed by atoms with Crippen molar-refractivity contribution in [3.63, 3.8) is 0 Å². The quantitative estimate of drug-likeness (QED) is 0.699. The van der Waals surface area contributed by atoms with Gasteiger partial charge in [0.15, 0.2) is 5.69 Å². The molecule has 1 aromatic rings. The van der Waals surface area contributed by atoms with E-state index in [9.17, 15) is 9.90 Å². The van der Waals surface area contributed by atoms with Gasteiger partial charge in [-0.25, -0.2) is 0 Å². The highest BCUT2D eigenvalue weighted by Crippen LogP contribution is 2.41. The predicted octanol–water partition coefficient (Wildman–Crippen LogP) is 3.21. The molecule has 0 radical (unpaired) electrons. The number of hydrogen-bond donors (Lipinski definition) is 1. The monoisotopic (exact) mass is 233 g/mol. The minimum Gasteiger partial charge on any atom is -0.433 e. The molecule has 90 valence electrons. The van der Waals surface area contributed by atoms with Crippen LogP contribution in [0, 0.1) is 0 Å². The summed E-state index contributed by atoms with van der Waals surface area (Å²) in [4.78, 5) is 11.7. The van der Waals surface area contributed by atoms with E-state index in [2.05, 4.69) is 5.10 Å². The van der Waals surface area contributed by atoms with Crippen molar-refractivity contribution in [3.05, 3.63) is 29.8 Å². The van der Waals surface area contributed by atoms with Gasteiger partial charge in [-0.1, -0.05) is 21.8 Å². The summed E-state index contributed by atoms with van der Waals surface area (Å²) in [6.07, 6.45) is -0.943. The summed E-state index contributed by atoms with van der Waals surface area (Å²) >= 11 is 0. The van der Waals surface area contributed by atoms with Gasteiger partial charge in [-0.2, -0.15) is 4.79 Å². The van der Waals surface area contributed by atoms with Gasteiger partial charge in [-0.05, 0) is 33.8 Å². The first-order valence-corrected chi connectivity index (χ1v) is 5.60. The van der Waals surface area contributed by atoms with Crippen LogP contribution in [-0.4, -0.2) is 22.5 Å². The van der Waals surface area contributed by atoms with E-state index in [0.717, 1.165) is 17.0 Å². The van der Waals surface area contributed by atoms with E-state index < -0.39 is 11.6 Å². The molecule has 0 spiro atoms. The summed E-state index contributed by atoms with van der Waals surface area (Å²) in [5.74, 6) is 0. The molecule has 1 atom stereocenters. The Morgan fingerprint density at radius 2 is 1.88 bits per heavy atom. The number of rotatable bonds is 0. The first-order chi connectivity index (χ1) is 7.80. The van der Waals surface area contributed by atoms with Gasteiger partial charge in [0.05, 0.1) is 5.56 Å². The van der Waals surface area contributed by atoms with Crippen LogP contribution >= 0.6 is 0 Å². The fraction of sp³-hybridized carbons (Fsp3) is 0.385. The van der Waals surface area contributed by atoms with Crippen LogP contribution in [0.5, 0.6) is 0 Å². The molecule has 4 heteroatoms. The molecule has 0 bridgehead atoms. The molecular weight excluding hydrogens is 216 g/mol. The third-order valence-electron chi connectivity index (χ3n) is 3.19. The Hall–Kier alpha value is -1.68. The van der Waals surface area contributed by atoms with Gasteiger partial charge in [0.2, 0.25) is 0 Å². The summed E-state index contributed by atoms with van der Waals surface area (Å²) < 4.78 is -0.380. The maximum Gasteiger partial charge on any atom is 0.546 e. The molecule has 1 unspecified atom stereocenters. The topological polar surface area (TPSA) is 49.7 Å². The molecule has 1 aliphatic rings. The highest BCUT2D eigenvalue weighted by Gasteiger charge is 2.56. The number of para-hydroxylation sites is 1. The molecule has 0 saturated heterocycles. The van der Waals surface area contributed by atoms with Crippen LogP contribution in [0.15, 0.2) is 29.4 Å². The molecule has 1 heterocycles. The van der Waals surface area contributed by atoms with Crippen molar-refractivity contribution >= 4 is 17.5 Å². The summed E-state index contributed by atoms with van der Waals surface area (Å²) in [6, 6.07) is 7.52. The molecular formula is C13H17N2O2+. The van der Waals surface area contributed by atoms with Crippen LogP contribution in [0.1, 0.15) is 33.3 Å². The molecule has 2 rings (SSSR count). The van der Waals surface area contributed by atoms with Crippen molar-refractivity contribution < 1.29 is 9.90 Å². The van der Waals surface area contributed by atoms with E-state index >= 15 is 0 Å². The number of quaternary nitrogens is 1. The molecule has 0 saturated carbocycles. The molecule has 0 fully saturated rings. The Balaban J connectivity index is 2.79. The average Bonchev–Trinajstić information content (AvgIpc) is 2.53. The molecule has 0 aromatic heterocycles. The van der Waals surface area contributed by atoms with Crippen LogP contribution in [0.2, 0.25) is 0 Å². The average molecular weight is 233 g/mol. The van der Waals surface area contributed by atoms with Gasteiger partial charge in [-0.15, -0.1) is 0 Å². The third-order valence-corrected chi connectivity index (χ3v) is 3.19. The molecule has 17 heavy (non-hydrogen) atoms. The lowest BCUT2D eigenvalue weighted by molar-refractivity contribution is 0.107. The van der Waals surface area contributed by atoms with E-state index in [1.54, 1.807) is 0 Å². The van der Waals surface area contributed by atoms with Crippen molar-refractivity contribution in [1.82, 2.24) is 4.59 Å². The van der Waals surface area contributed by atoms with Crippen molar-refractivity contribution in [2.45, 2.75) is 33.2 Å². The SMILES string of the molecule is CC1=N[N+](C(=O)O)(C(C)(C)C)c2ccccc21. The van der Waals surface area contributed by atoms with Crippen molar-refractivity contribution in [3.8, 4) is 0 Å². The second kappa shape index (κ2) is 3.40. The summed E-state index contributed by atoms with van der Waals surface area (Å²) in [5.41, 5.74) is 1.91. The number of carbonyl (C=O) groups is 1. The minimum absolute atomic E-state index is 0.380. The molecule has 1 amide bonds. The van der Waals surface area contributed by atoms with Gasteiger partial charge in [0.25, 0.3) is 0 Å². The fourth-order valence-electron chi connectivity index (χ4n) is 2.34. The first kappa shape index (κ1) is 11.8. The molecule has 1 aliphatic heterocycles. The molecule has 4 nitrogen and oxygen atoms in total. The second-order valence-corrected chi connectivity index (χ2v) is 5.29. The van der Waals surface area contributed by atoms with Gasteiger partial charge in [-0.3, -0.25) is 0 Å². The number of benzene rings is 1. The number of hydrogen-bond acceptors (Lipinski definition) is 2. The lowest BCUT2D eigenvalue weighted by Gasteiger charge is -2.35. The van der Waals surface area contributed by atoms with Crippen LogP contribution < -0.4 is 4.59 Å². The van der Waals surface area contributed by atoms with E-state index in [0.29, 0.717) is 0 Å². The first-order valence-electron chi connectivity index (χ1n) is 5.60. The normalized spacial score (nSPS) is 23.2. The van der Waals surface area contributed by atoms with Crippen LogP contribution in [-0.2, 0) is 0 Å². The highest BCUT2D eigenvalue weighted by molar-refractivity contribution is 6.09. The van der Waals surface area contributed by atoms with Crippen LogP contribution in [0.3, 0.4) is 0 Å². The largest absolute Gasteiger partial charge is 0.546 e. The van der Waals surface area contributed by atoms with E-state index in [4.69, 9.17) is 0 Å². The van der Waals surface area contributed by atoms with E-state index in [1.807, 2.05) is 52.0 Å². The highest BCUT2D eigenvalue weighted by atomic mass is 16.4. The Labute approximate surface area is 101 Å². The zero-order valence-corrected chi connectivity index (χ0v) is 10.6. The van der Waals surface area contributed by atoms with Crippen LogP contribution in [0.4, 0.5) is 10.5 Å².